The van der Waals surface area contributed by atoms with Crippen molar-refractivity contribution in [2.45, 2.75) is 0 Å². The third-order valence-electron chi connectivity index (χ3n) is 1.47. The van der Waals surface area contributed by atoms with Gasteiger partial charge in [0.15, 0.2) is 0 Å². The Kier molecular flexibility index (Phi) is 3.65. The quantitative estimate of drug-likeness (QED) is 0.670. The minimum atomic E-state index is -0.506. The summed E-state index contributed by atoms with van der Waals surface area (Å²) in [5.74, 6) is -0.0110. The molecular weight excluding hydrogens is 318 g/mol. The lowest BCUT2D eigenvalue weighted by Gasteiger charge is -1.98. The summed E-state index contributed by atoms with van der Waals surface area (Å²) in [6.45, 7) is 0. The normalized spacial score (nSPS) is 9.57. The lowest BCUT2D eigenvalue weighted by atomic mass is 10.2. The van der Waals surface area contributed by atoms with Gasteiger partial charge in [-0.25, -0.2) is 0 Å². The average Bonchev–Trinajstić information content (AvgIpc) is 2.01. The van der Waals surface area contributed by atoms with Crippen LogP contribution in [0.4, 0.5) is 5.69 Å². The van der Waals surface area contributed by atoms with Gasteiger partial charge in [0.2, 0.25) is 0 Å². The zero-order valence-corrected chi connectivity index (χ0v) is 9.95. The van der Waals surface area contributed by atoms with Gasteiger partial charge < -0.3 is 5.11 Å². The van der Waals surface area contributed by atoms with Crippen LogP contribution in [0.3, 0.4) is 0 Å². The Balaban J connectivity index is 3.30. The van der Waals surface area contributed by atoms with Crippen molar-refractivity contribution >= 4 is 43.6 Å². The fourth-order valence-electron chi connectivity index (χ4n) is 0.941. The average molecular weight is 323 g/mol. The third-order valence-corrected chi connectivity index (χ3v) is 1.93. The maximum Gasteiger partial charge on any atom is 0.276 e. The van der Waals surface area contributed by atoms with Crippen LogP contribution in [-0.4, -0.2) is 10.0 Å². The number of rotatable bonds is 2. The molecule has 0 aliphatic heterocycles. The van der Waals surface area contributed by atoms with Crippen LogP contribution in [0.25, 0.3) is 6.08 Å². The van der Waals surface area contributed by atoms with Crippen LogP contribution in [0.5, 0.6) is 5.75 Å². The highest BCUT2D eigenvalue weighted by Crippen LogP contribution is 2.28. The van der Waals surface area contributed by atoms with Gasteiger partial charge >= 0.3 is 0 Å². The van der Waals surface area contributed by atoms with E-state index in [0.29, 0.717) is 8.96 Å². The topological polar surface area (TPSA) is 63.4 Å². The second kappa shape index (κ2) is 4.56. The fraction of sp³-hybridized carbons (Fsp3) is 0. The molecule has 1 N–H and O–H groups in total. The Morgan fingerprint density at radius 3 is 2.64 bits per heavy atom. The first-order valence-electron chi connectivity index (χ1n) is 3.51. The smallest absolute Gasteiger partial charge is 0.276 e. The maximum atomic E-state index is 10.6. The molecule has 0 radical (unpaired) electrons. The van der Waals surface area contributed by atoms with Crippen molar-refractivity contribution in [3.05, 3.63) is 37.3 Å². The summed E-state index contributed by atoms with van der Waals surface area (Å²) in [6.07, 6.45) is 1.50. The molecule has 6 heteroatoms. The van der Waals surface area contributed by atoms with E-state index in [4.69, 9.17) is 5.11 Å². The zero-order chi connectivity index (χ0) is 10.7. The molecule has 0 bridgehead atoms. The monoisotopic (exact) mass is 321 g/mol. The van der Waals surface area contributed by atoms with E-state index >= 15 is 0 Å². The molecule has 0 spiro atoms. The molecule has 0 atom stereocenters. The largest absolute Gasteiger partial charge is 0.508 e. The molecule has 0 heterocycles. The number of nitro benzene ring substituents is 1. The lowest BCUT2D eigenvalue weighted by Crippen LogP contribution is -1.90. The third kappa shape index (κ3) is 2.81. The molecule has 0 aromatic heterocycles. The Morgan fingerprint density at radius 2 is 2.14 bits per heavy atom. The van der Waals surface area contributed by atoms with Crippen molar-refractivity contribution in [3.8, 4) is 5.75 Å². The van der Waals surface area contributed by atoms with Crippen molar-refractivity contribution in [2.75, 3.05) is 0 Å². The number of halogens is 2. The molecule has 74 valence electrons. The predicted molar refractivity (Wildman–Crippen MR) is 60.6 cm³/mol. The number of phenolic OH excluding ortho intramolecular Hbond substituents is 1. The van der Waals surface area contributed by atoms with Crippen molar-refractivity contribution in [1.82, 2.24) is 0 Å². The van der Waals surface area contributed by atoms with Gasteiger partial charge in [-0.15, -0.1) is 0 Å². The van der Waals surface area contributed by atoms with Crippen molar-refractivity contribution in [2.24, 2.45) is 0 Å². The molecule has 0 aliphatic carbocycles. The summed E-state index contributed by atoms with van der Waals surface area (Å²) >= 11 is 6.18. The predicted octanol–water partition coefficient (Wildman–Crippen LogP) is 3.39. The number of aromatic hydroxyl groups is 1. The van der Waals surface area contributed by atoms with Crippen molar-refractivity contribution in [3.63, 3.8) is 0 Å². The number of hydrogen-bond acceptors (Lipinski definition) is 3. The molecule has 14 heavy (non-hydrogen) atoms. The molecule has 0 fully saturated rings. The standard InChI is InChI=1S/C8H5Br2NO3/c9-8(10)4-5-3-6(12)1-2-7(5)11(13)14/h1-4,12H. The van der Waals surface area contributed by atoms with Gasteiger partial charge in [0.05, 0.1) is 13.9 Å². The van der Waals surface area contributed by atoms with Crippen LogP contribution >= 0.6 is 31.9 Å². The van der Waals surface area contributed by atoms with Gasteiger partial charge in [-0.2, -0.15) is 0 Å². The second-order valence-corrected chi connectivity index (χ2v) is 5.21. The molecule has 1 rings (SSSR count). The second-order valence-electron chi connectivity index (χ2n) is 2.43. The number of nitrogens with zero attached hydrogens (tertiary/aromatic N) is 1. The van der Waals surface area contributed by atoms with E-state index in [1.54, 1.807) is 0 Å². The summed E-state index contributed by atoms with van der Waals surface area (Å²) in [4.78, 5) is 10.1. The highest BCUT2D eigenvalue weighted by molar-refractivity contribution is 9.28. The molecule has 0 saturated heterocycles. The van der Waals surface area contributed by atoms with E-state index < -0.39 is 4.92 Å². The Hall–Kier alpha value is -0.880. The van der Waals surface area contributed by atoms with Crippen LogP contribution in [0.2, 0.25) is 0 Å². The summed E-state index contributed by atoms with van der Waals surface area (Å²) in [5.41, 5.74) is 0.276. The Bertz CT molecular complexity index is 400. The number of nitro groups is 1. The molecular formula is C8H5Br2NO3. The minimum Gasteiger partial charge on any atom is -0.508 e. The first-order chi connectivity index (χ1) is 6.50. The maximum absolute atomic E-state index is 10.6. The van der Waals surface area contributed by atoms with E-state index in [0.717, 1.165) is 0 Å². The molecule has 0 amide bonds. The Labute approximate surface area is 96.7 Å². The highest BCUT2D eigenvalue weighted by Gasteiger charge is 2.12. The minimum absolute atomic E-state index is 0.0110. The number of phenols is 1. The van der Waals surface area contributed by atoms with Gasteiger partial charge in [0.25, 0.3) is 5.69 Å². The van der Waals surface area contributed by atoms with E-state index in [1.807, 2.05) is 0 Å². The fourth-order valence-corrected chi connectivity index (χ4v) is 1.43. The molecule has 0 aliphatic rings. The summed E-state index contributed by atoms with van der Waals surface area (Å²) < 4.78 is 0.568. The van der Waals surface area contributed by atoms with Crippen LogP contribution in [0, 0.1) is 10.1 Å². The van der Waals surface area contributed by atoms with Crippen LogP contribution in [0.1, 0.15) is 5.56 Å². The van der Waals surface area contributed by atoms with Gasteiger partial charge in [-0.3, -0.25) is 10.1 Å². The van der Waals surface area contributed by atoms with Gasteiger partial charge in [0, 0.05) is 6.07 Å². The number of benzene rings is 1. The summed E-state index contributed by atoms with van der Waals surface area (Å²) in [6, 6.07) is 3.85. The zero-order valence-electron chi connectivity index (χ0n) is 6.78. The van der Waals surface area contributed by atoms with Crippen LogP contribution in [-0.2, 0) is 0 Å². The lowest BCUT2D eigenvalue weighted by molar-refractivity contribution is -0.385. The van der Waals surface area contributed by atoms with E-state index in [1.165, 1.54) is 24.3 Å². The van der Waals surface area contributed by atoms with Crippen LogP contribution < -0.4 is 0 Å². The first-order valence-corrected chi connectivity index (χ1v) is 5.09. The number of hydrogen-bond donors (Lipinski definition) is 1. The van der Waals surface area contributed by atoms with Crippen molar-refractivity contribution in [1.29, 1.82) is 0 Å². The SMILES string of the molecule is O=[N+]([O-])c1ccc(O)cc1C=C(Br)Br. The summed E-state index contributed by atoms with van der Waals surface area (Å²) in [7, 11) is 0. The van der Waals surface area contributed by atoms with Crippen LogP contribution in [0.15, 0.2) is 21.6 Å². The molecule has 1 aromatic carbocycles. The van der Waals surface area contributed by atoms with E-state index in [-0.39, 0.29) is 11.4 Å². The molecule has 1 aromatic rings. The van der Waals surface area contributed by atoms with E-state index in [9.17, 15) is 10.1 Å². The Morgan fingerprint density at radius 1 is 1.50 bits per heavy atom. The van der Waals surface area contributed by atoms with Crippen molar-refractivity contribution < 1.29 is 10.0 Å². The van der Waals surface area contributed by atoms with Gasteiger partial charge in [-0.05, 0) is 50.1 Å². The molecule has 4 nitrogen and oxygen atoms in total. The molecule has 0 saturated carbocycles. The van der Waals surface area contributed by atoms with Gasteiger partial charge in [0.1, 0.15) is 5.75 Å². The summed E-state index contributed by atoms with van der Waals surface area (Å²) in [5, 5.41) is 19.7. The van der Waals surface area contributed by atoms with Gasteiger partial charge in [-0.1, -0.05) is 0 Å². The molecule has 0 unspecified atom stereocenters. The highest BCUT2D eigenvalue weighted by atomic mass is 79.9. The van der Waals surface area contributed by atoms with E-state index in [2.05, 4.69) is 31.9 Å². The first kappa shape index (κ1) is 11.2.